The highest BCUT2D eigenvalue weighted by Crippen LogP contribution is 2.27. The number of ether oxygens (including phenoxy) is 1. The third kappa shape index (κ3) is 3.98. The van der Waals surface area contributed by atoms with Crippen molar-refractivity contribution in [1.82, 2.24) is 5.32 Å². The second kappa shape index (κ2) is 5.24. The second-order valence-electron chi connectivity index (χ2n) is 3.26. The van der Waals surface area contributed by atoms with Gasteiger partial charge in [0.05, 0.1) is 5.02 Å². The van der Waals surface area contributed by atoms with Gasteiger partial charge >= 0.3 is 6.09 Å². The zero-order valence-corrected chi connectivity index (χ0v) is 9.89. The molecule has 0 atom stereocenters. The normalized spacial score (nSPS) is 10.2. The lowest BCUT2D eigenvalue weighted by Gasteiger charge is -2.10. The second-order valence-corrected chi connectivity index (χ2v) is 4.11. The number of nitrogens with one attached hydrogen (secondary N) is 1. The Hall–Kier alpha value is -0.930. The third-order valence-electron chi connectivity index (χ3n) is 1.50. The van der Waals surface area contributed by atoms with E-state index in [2.05, 4.69) is 5.32 Å². The van der Waals surface area contributed by atoms with Crippen LogP contribution in [-0.2, 0) is 0 Å². The Morgan fingerprint density at radius 2 is 2.07 bits per heavy atom. The zero-order valence-electron chi connectivity index (χ0n) is 8.38. The Labute approximate surface area is 98.3 Å². The fraction of sp³-hybridized carbons (Fsp3) is 0.300. The molecule has 0 unspecified atom stereocenters. The summed E-state index contributed by atoms with van der Waals surface area (Å²) in [7, 11) is 0. The summed E-state index contributed by atoms with van der Waals surface area (Å²) in [6.45, 7) is 3.67. The number of rotatable bonds is 2. The van der Waals surface area contributed by atoms with Gasteiger partial charge in [0, 0.05) is 17.1 Å². The Balaban J connectivity index is 2.71. The number of carbonyl (C=O) groups is 1. The minimum atomic E-state index is -0.547. The van der Waals surface area contributed by atoms with Gasteiger partial charge in [-0.05, 0) is 26.0 Å². The van der Waals surface area contributed by atoms with Gasteiger partial charge in [0.25, 0.3) is 0 Å². The van der Waals surface area contributed by atoms with Crippen molar-refractivity contribution < 1.29 is 9.53 Å². The van der Waals surface area contributed by atoms with Gasteiger partial charge in [-0.3, -0.25) is 0 Å². The van der Waals surface area contributed by atoms with E-state index < -0.39 is 6.09 Å². The molecule has 1 amide bonds. The van der Waals surface area contributed by atoms with Crippen molar-refractivity contribution >= 4 is 29.3 Å². The Kier molecular flexibility index (Phi) is 4.24. The van der Waals surface area contributed by atoms with Crippen LogP contribution in [0.2, 0.25) is 10.0 Å². The first-order valence-corrected chi connectivity index (χ1v) is 5.18. The van der Waals surface area contributed by atoms with E-state index in [-0.39, 0.29) is 11.8 Å². The quantitative estimate of drug-likeness (QED) is 0.869. The molecule has 5 heteroatoms. The lowest BCUT2D eigenvalue weighted by Crippen LogP contribution is -2.32. The van der Waals surface area contributed by atoms with Crippen molar-refractivity contribution in [1.29, 1.82) is 0 Å². The average Bonchev–Trinajstić information content (AvgIpc) is 2.10. The van der Waals surface area contributed by atoms with E-state index in [1.54, 1.807) is 12.1 Å². The van der Waals surface area contributed by atoms with Crippen LogP contribution in [0.3, 0.4) is 0 Å². The highest BCUT2D eigenvalue weighted by atomic mass is 35.5. The topological polar surface area (TPSA) is 38.3 Å². The first-order valence-electron chi connectivity index (χ1n) is 4.42. The predicted molar refractivity (Wildman–Crippen MR) is 60.8 cm³/mol. The van der Waals surface area contributed by atoms with Crippen LogP contribution in [0.4, 0.5) is 4.79 Å². The van der Waals surface area contributed by atoms with Gasteiger partial charge < -0.3 is 10.1 Å². The third-order valence-corrected chi connectivity index (χ3v) is 2.05. The molecule has 0 saturated heterocycles. The van der Waals surface area contributed by atoms with E-state index in [0.717, 1.165) is 0 Å². The van der Waals surface area contributed by atoms with Crippen LogP contribution < -0.4 is 10.1 Å². The number of halogens is 2. The molecular formula is C10H11Cl2NO2. The number of hydrogen-bond donors (Lipinski definition) is 1. The van der Waals surface area contributed by atoms with E-state index in [9.17, 15) is 4.79 Å². The minimum Gasteiger partial charge on any atom is -0.409 e. The van der Waals surface area contributed by atoms with E-state index in [4.69, 9.17) is 27.9 Å². The van der Waals surface area contributed by atoms with Crippen LogP contribution in [0.1, 0.15) is 13.8 Å². The molecule has 82 valence electrons. The van der Waals surface area contributed by atoms with E-state index >= 15 is 0 Å². The minimum absolute atomic E-state index is 0.00968. The first-order chi connectivity index (χ1) is 6.99. The molecule has 3 nitrogen and oxygen atoms in total. The summed E-state index contributed by atoms with van der Waals surface area (Å²) in [4.78, 5) is 11.3. The summed E-state index contributed by atoms with van der Waals surface area (Å²) in [5, 5.41) is 3.39. The van der Waals surface area contributed by atoms with E-state index in [1.165, 1.54) is 6.07 Å². The lowest BCUT2D eigenvalue weighted by molar-refractivity contribution is 0.198. The maximum Gasteiger partial charge on any atom is 0.412 e. The number of hydrogen-bond acceptors (Lipinski definition) is 2. The lowest BCUT2D eigenvalue weighted by atomic mass is 10.3. The maximum atomic E-state index is 11.3. The van der Waals surface area contributed by atoms with Gasteiger partial charge in [0.1, 0.15) is 0 Å². The molecule has 0 radical (unpaired) electrons. The molecular weight excluding hydrogens is 237 g/mol. The van der Waals surface area contributed by atoms with Gasteiger partial charge in [0.2, 0.25) is 0 Å². The molecule has 0 bridgehead atoms. The smallest absolute Gasteiger partial charge is 0.409 e. The monoisotopic (exact) mass is 247 g/mol. The predicted octanol–water partition coefficient (Wildman–Crippen LogP) is 3.49. The summed E-state index contributed by atoms with van der Waals surface area (Å²) in [6, 6.07) is 4.69. The van der Waals surface area contributed by atoms with Crippen molar-refractivity contribution in [2.45, 2.75) is 19.9 Å². The molecule has 0 heterocycles. The molecule has 0 spiro atoms. The molecule has 1 aromatic rings. The summed E-state index contributed by atoms with van der Waals surface area (Å²) in [5.74, 6) is 0.252. The van der Waals surface area contributed by atoms with Crippen LogP contribution in [0, 0.1) is 0 Å². The molecule has 0 aliphatic rings. The van der Waals surface area contributed by atoms with E-state index in [0.29, 0.717) is 10.0 Å². The molecule has 1 aromatic carbocycles. The van der Waals surface area contributed by atoms with E-state index in [1.807, 2.05) is 13.8 Å². The average molecular weight is 248 g/mol. The Bertz CT molecular complexity index is 366. The number of amides is 1. The maximum absolute atomic E-state index is 11.3. The summed E-state index contributed by atoms with van der Waals surface area (Å²) < 4.78 is 4.97. The Morgan fingerprint density at radius 3 is 2.67 bits per heavy atom. The van der Waals surface area contributed by atoms with Crippen molar-refractivity contribution in [2.75, 3.05) is 0 Å². The molecule has 0 saturated carbocycles. The van der Waals surface area contributed by atoms with Crippen molar-refractivity contribution in [3.05, 3.63) is 28.2 Å². The van der Waals surface area contributed by atoms with Crippen molar-refractivity contribution in [2.24, 2.45) is 0 Å². The number of carbonyl (C=O) groups excluding carboxylic acids is 1. The molecule has 0 aromatic heterocycles. The zero-order chi connectivity index (χ0) is 11.4. The molecule has 15 heavy (non-hydrogen) atoms. The van der Waals surface area contributed by atoms with Crippen LogP contribution in [0.25, 0.3) is 0 Å². The molecule has 0 aliphatic heterocycles. The summed E-state index contributed by atoms with van der Waals surface area (Å²) >= 11 is 11.5. The van der Waals surface area contributed by atoms with Gasteiger partial charge in [-0.1, -0.05) is 23.2 Å². The standard InChI is InChI=1S/C10H11Cl2NO2/c1-6(2)13-10(14)15-9-5-7(11)3-4-8(9)12/h3-6H,1-2H3,(H,13,14). The fourth-order valence-electron chi connectivity index (χ4n) is 0.920. The largest absolute Gasteiger partial charge is 0.412 e. The SMILES string of the molecule is CC(C)NC(=O)Oc1cc(Cl)ccc1Cl. The molecule has 0 fully saturated rings. The Morgan fingerprint density at radius 1 is 1.40 bits per heavy atom. The van der Waals surface area contributed by atoms with Gasteiger partial charge in [-0.2, -0.15) is 0 Å². The molecule has 1 N–H and O–H groups in total. The van der Waals surface area contributed by atoms with Gasteiger partial charge in [0.15, 0.2) is 5.75 Å². The number of benzene rings is 1. The van der Waals surface area contributed by atoms with Gasteiger partial charge in [-0.15, -0.1) is 0 Å². The highest BCUT2D eigenvalue weighted by Gasteiger charge is 2.09. The van der Waals surface area contributed by atoms with Crippen LogP contribution in [0.15, 0.2) is 18.2 Å². The van der Waals surface area contributed by atoms with Crippen LogP contribution >= 0.6 is 23.2 Å². The molecule has 0 aliphatic carbocycles. The van der Waals surface area contributed by atoms with Crippen molar-refractivity contribution in [3.63, 3.8) is 0 Å². The summed E-state index contributed by atoms with van der Waals surface area (Å²) in [6.07, 6.45) is -0.547. The first kappa shape index (κ1) is 12.1. The van der Waals surface area contributed by atoms with Crippen LogP contribution in [-0.4, -0.2) is 12.1 Å². The van der Waals surface area contributed by atoms with Gasteiger partial charge in [-0.25, -0.2) is 4.79 Å². The van der Waals surface area contributed by atoms with Crippen molar-refractivity contribution in [3.8, 4) is 5.75 Å². The fourth-order valence-corrected chi connectivity index (χ4v) is 1.24. The molecule has 1 rings (SSSR count). The highest BCUT2D eigenvalue weighted by molar-refractivity contribution is 6.34. The van der Waals surface area contributed by atoms with Crippen LogP contribution in [0.5, 0.6) is 5.75 Å². The summed E-state index contributed by atoms with van der Waals surface area (Å²) in [5.41, 5.74) is 0.